The summed E-state index contributed by atoms with van der Waals surface area (Å²) < 4.78 is 5.03. The van der Waals surface area contributed by atoms with E-state index in [2.05, 4.69) is 10.2 Å². The second-order valence-electron chi connectivity index (χ2n) is 3.29. The quantitative estimate of drug-likeness (QED) is 0.568. The maximum absolute atomic E-state index is 11.2. The monoisotopic (exact) mass is 170 g/mol. The third kappa shape index (κ3) is 1.26. The average molecular weight is 170 g/mol. The molecule has 0 aromatic carbocycles. The van der Waals surface area contributed by atoms with Crippen LogP contribution in [0.2, 0.25) is 0 Å². The van der Waals surface area contributed by atoms with Crippen molar-refractivity contribution in [2.24, 2.45) is 0 Å². The summed E-state index contributed by atoms with van der Waals surface area (Å²) in [5, 5.41) is 3.25. The van der Waals surface area contributed by atoms with Gasteiger partial charge in [-0.1, -0.05) is 0 Å². The van der Waals surface area contributed by atoms with E-state index >= 15 is 0 Å². The molecule has 0 aromatic heterocycles. The first-order chi connectivity index (χ1) is 5.84. The van der Waals surface area contributed by atoms with E-state index in [1.54, 1.807) is 7.11 Å². The fraction of sp³-hybridized carbons (Fsp3) is 0.875. The van der Waals surface area contributed by atoms with E-state index in [0.29, 0.717) is 0 Å². The molecule has 1 aliphatic carbocycles. The van der Waals surface area contributed by atoms with Crippen molar-refractivity contribution in [3.63, 3.8) is 0 Å². The number of ether oxygens (including phenoxy) is 1. The highest BCUT2D eigenvalue weighted by Gasteiger charge is 2.53. The third-order valence-corrected chi connectivity index (χ3v) is 2.55. The van der Waals surface area contributed by atoms with Gasteiger partial charge in [0.2, 0.25) is 0 Å². The van der Waals surface area contributed by atoms with Gasteiger partial charge in [-0.25, -0.2) is 0 Å². The fourth-order valence-corrected chi connectivity index (χ4v) is 1.78. The Morgan fingerprint density at radius 3 is 2.67 bits per heavy atom. The van der Waals surface area contributed by atoms with Gasteiger partial charge in [-0.2, -0.15) is 0 Å². The Morgan fingerprint density at radius 2 is 2.17 bits per heavy atom. The summed E-state index contributed by atoms with van der Waals surface area (Å²) in [5.74, 6) is 0.249. The standard InChI is InChI=1S/C8H14N2O2/c1-12-8-6(7(8)11)10-4-2-9-3-5-10/h6,8-9H,2-5H2,1H3. The second-order valence-corrected chi connectivity index (χ2v) is 3.29. The summed E-state index contributed by atoms with van der Waals surface area (Å²) in [4.78, 5) is 13.4. The molecule has 1 heterocycles. The van der Waals surface area contributed by atoms with Crippen LogP contribution in [-0.4, -0.2) is 56.1 Å². The van der Waals surface area contributed by atoms with Gasteiger partial charge < -0.3 is 10.1 Å². The number of carbonyl (C=O) groups is 1. The lowest BCUT2D eigenvalue weighted by Crippen LogP contribution is -2.45. The van der Waals surface area contributed by atoms with Crippen LogP contribution in [0.1, 0.15) is 0 Å². The van der Waals surface area contributed by atoms with E-state index in [1.807, 2.05) is 0 Å². The Balaban J connectivity index is 1.89. The van der Waals surface area contributed by atoms with E-state index in [9.17, 15) is 4.79 Å². The number of nitrogens with zero attached hydrogens (tertiary/aromatic N) is 1. The minimum absolute atomic E-state index is 0.0668. The molecular weight excluding hydrogens is 156 g/mol. The molecule has 0 spiro atoms. The largest absolute Gasteiger partial charge is 0.371 e. The van der Waals surface area contributed by atoms with Crippen molar-refractivity contribution in [2.45, 2.75) is 12.1 Å². The molecule has 2 atom stereocenters. The molecule has 1 saturated heterocycles. The number of nitrogens with one attached hydrogen (secondary N) is 1. The Bertz CT molecular complexity index is 189. The highest BCUT2D eigenvalue weighted by atomic mass is 16.5. The van der Waals surface area contributed by atoms with Gasteiger partial charge in [-0.15, -0.1) is 0 Å². The molecule has 1 aliphatic heterocycles. The van der Waals surface area contributed by atoms with Crippen molar-refractivity contribution in [1.82, 2.24) is 10.2 Å². The lowest BCUT2D eigenvalue weighted by molar-refractivity contribution is -0.113. The number of ketones is 1. The van der Waals surface area contributed by atoms with E-state index in [0.717, 1.165) is 26.2 Å². The van der Waals surface area contributed by atoms with Crippen LogP contribution < -0.4 is 5.32 Å². The molecule has 0 amide bonds. The molecule has 2 fully saturated rings. The normalized spacial score (nSPS) is 36.9. The van der Waals surface area contributed by atoms with Crippen LogP contribution in [0.4, 0.5) is 0 Å². The van der Waals surface area contributed by atoms with E-state index < -0.39 is 0 Å². The number of piperazine rings is 1. The predicted molar refractivity (Wildman–Crippen MR) is 44.0 cm³/mol. The van der Waals surface area contributed by atoms with Gasteiger partial charge in [0, 0.05) is 33.3 Å². The predicted octanol–water partition coefficient (Wildman–Crippen LogP) is -1.14. The molecule has 2 rings (SSSR count). The molecule has 1 N–H and O–H groups in total. The third-order valence-electron chi connectivity index (χ3n) is 2.55. The first-order valence-electron chi connectivity index (χ1n) is 4.36. The topological polar surface area (TPSA) is 41.6 Å². The zero-order valence-electron chi connectivity index (χ0n) is 7.25. The van der Waals surface area contributed by atoms with Crippen LogP contribution >= 0.6 is 0 Å². The van der Waals surface area contributed by atoms with Crippen molar-refractivity contribution in [3.8, 4) is 0 Å². The Kier molecular flexibility index (Phi) is 2.12. The Morgan fingerprint density at radius 1 is 1.50 bits per heavy atom. The average Bonchev–Trinajstić information content (AvgIpc) is 2.78. The lowest BCUT2D eigenvalue weighted by atomic mass is 10.3. The number of Topliss-reactive ketones (excluding diaryl/α,β-unsaturated/α-hetero) is 1. The summed E-state index contributed by atoms with van der Waals surface area (Å²) in [6.07, 6.45) is -0.136. The van der Waals surface area contributed by atoms with Gasteiger partial charge in [-0.3, -0.25) is 9.69 Å². The molecule has 2 aliphatic rings. The molecular formula is C8H14N2O2. The van der Waals surface area contributed by atoms with Crippen LogP contribution in [-0.2, 0) is 9.53 Å². The number of carbonyl (C=O) groups excluding carboxylic acids is 1. The van der Waals surface area contributed by atoms with Crippen molar-refractivity contribution < 1.29 is 9.53 Å². The first-order valence-corrected chi connectivity index (χ1v) is 4.36. The van der Waals surface area contributed by atoms with Crippen LogP contribution in [0.3, 0.4) is 0 Å². The number of methoxy groups -OCH3 is 1. The summed E-state index contributed by atoms with van der Waals surface area (Å²) in [6.45, 7) is 3.91. The highest BCUT2D eigenvalue weighted by Crippen LogP contribution is 2.26. The smallest absolute Gasteiger partial charge is 0.183 e. The van der Waals surface area contributed by atoms with Gasteiger partial charge in [0.1, 0.15) is 12.1 Å². The summed E-state index contributed by atoms with van der Waals surface area (Å²) in [5.41, 5.74) is 0. The summed E-state index contributed by atoms with van der Waals surface area (Å²) in [7, 11) is 1.60. The van der Waals surface area contributed by atoms with Crippen LogP contribution in [0.15, 0.2) is 0 Å². The summed E-state index contributed by atoms with van der Waals surface area (Å²) >= 11 is 0. The van der Waals surface area contributed by atoms with Crippen molar-refractivity contribution in [2.75, 3.05) is 33.3 Å². The molecule has 0 radical (unpaired) electrons. The van der Waals surface area contributed by atoms with Gasteiger partial charge in [-0.05, 0) is 0 Å². The maximum Gasteiger partial charge on any atom is 0.183 e. The molecule has 0 aromatic rings. The molecule has 0 bridgehead atoms. The van der Waals surface area contributed by atoms with E-state index in [4.69, 9.17) is 4.74 Å². The maximum atomic E-state index is 11.2. The molecule has 12 heavy (non-hydrogen) atoms. The zero-order valence-corrected chi connectivity index (χ0v) is 7.25. The Labute approximate surface area is 71.9 Å². The highest BCUT2D eigenvalue weighted by molar-refractivity contribution is 6.06. The summed E-state index contributed by atoms with van der Waals surface area (Å²) in [6, 6.07) is 0.0668. The van der Waals surface area contributed by atoms with Gasteiger partial charge in [0.15, 0.2) is 5.78 Å². The molecule has 4 nitrogen and oxygen atoms in total. The number of hydrogen-bond donors (Lipinski definition) is 1. The van der Waals surface area contributed by atoms with E-state index in [-0.39, 0.29) is 17.9 Å². The van der Waals surface area contributed by atoms with Crippen molar-refractivity contribution >= 4 is 5.78 Å². The van der Waals surface area contributed by atoms with Crippen molar-refractivity contribution in [3.05, 3.63) is 0 Å². The van der Waals surface area contributed by atoms with Gasteiger partial charge >= 0.3 is 0 Å². The van der Waals surface area contributed by atoms with Gasteiger partial charge in [0.25, 0.3) is 0 Å². The molecule has 68 valence electrons. The molecule has 1 saturated carbocycles. The number of rotatable bonds is 2. The second kappa shape index (κ2) is 3.12. The minimum atomic E-state index is -0.136. The fourth-order valence-electron chi connectivity index (χ4n) is 1.78. The molecule has 2 unspecified atom stereocenters. The van der Waals surface area contributed by atoms with Crippen LogP contribution in [0, 0.1) is 0 Å². The van der Waals surface area contributed by atoms with Crippen LogP contribution in [0.5, 0.6) is 0 Å². The van der Waals surface area contributed by atoms with Gasteiger partial charge in [0.05, 0.1) is 0 Å². The molecule has 4 heteroatoms. The van der Waals surface area contributed by atoms with Crippen LogP contribution in [0.25, 0.3) is 0 Å². The SMILES string of the molecule is COC1C(=O)C1N1CCNCC1. The lowest BCUT2D eigenvalue weighted by Gasteiger charge is -2.26. The first kappa shape index (κ1) is 8.16. The Hall–Kier alpha value is -0.450. The van der Waals surface area contributed by atoms with Crippen molar-refractivity contribution in [1.29, 1.82) is 0 Å². The number of hydrogen-bond acceptors (Lipinski definition) is 4. The zero-order chi connectivity index (χ0) is 8.55. The van der Waals surface area contributed by atoms with E-state index in [1.165, 1.54) is 0 Å². The minimum Gasteiger partial charge on any atom is -0.371 e.